The highest BCUT2D eigenvalue weighted by molar-refractivity contribution is 8.14. The molecule has 1 saturated heterocycles. The first-order chi connectivity index (χ1) is 16.5. The molecule has 0 bridgehead atoms. The number of carbonyl (C=O) groups is 2. The van der Waals surface area contributed by atoms with Gasteiger partial charge in [-0.15, -0.1) is 0 Å². The van der Waals surface area contributed by atoms with Gasteiger partial charge in [0.1, 0.15) is 6.61 Å². The summed E-state index contributed by atoms with van der Waals surface area (Å²) in [6.07, 6.45) is 0.343. The zero-order chi connectivity index (χ0) is 24.2. The molecule has 1 atom stereocenters. The summed E-state index contributed by atoms with van der Waals surface area (Å²) in [5, 5.41) is 0.562. The fourth-order valence-electron chi connectivity index (χ4n) is 4.03. The number of amides is 1. The van der Waals surface area contributed by atoms with E-state index in [1.807, 2.05) is 30.3 Å². The summed E-state index contributed by atoms with van der Waals surface area (Å²) in [4.78, 5) is 32.6. The number of fused-ring (bicyclic) bond motifs is 1. The fraction of sp³-hybridized carbons (Fsp3) is 0.320. The molecule has 1 unspecified atom stereocenters. The first-order valence-corrected chi connectivity index (χ1v) is 11.7. The van der Waals surface area contributed by atoms with E-state index in [9.17, 15) is 9.59 Å². The molecule has 2 aliphatic rings. The largest absolute Gasteiger partial charge is 0.493 e. The van der Waals surface area contributed by atoms with Gasteiger partial charge in [-0.3, -0.25) is 9.69 Å². The number of hydrogen-bond acceptors (Lipinski definition) is 8. The number of aliphatic imine (C=N–C) groups is 1. The van der Waals surface area contributed by atoms with Crippen molar-refractivity contribution in [1.29, 1.82) is 0 Å². The normalized spacial score (nSPS) is 17.6. The lowest BCUT2D eigenvalue weighted by Crippen LogP contribution is -2.45. The SMILES string of the molecule is COc1cc(C2C(C(=O)OCc3ccccc3)=C(C)N=C3SCCC(=O)N32)cc(OC)c1OC. The highest BCUT2D eigenvalue weighted by atomic mass is 32.2. The van der Waals surface area contributed by atoms with Gasteiger partial charge in [0.2, 0.25) is 11.7 Å². The van der Waals surface area contributed by atoms with Crippen LogP contribution in [0.5, 0.6) is 17.2 Å². The Bertz CT molecular complexity index is 1140. The third-order valence-electron chi connectivity index (χ3n) is 5.64. The molecule has 0 radical (unpaired) electrons. The second-order valence-electron chi connectivity index (χ2n) is 7.68. The predicted octanol–water partition coefficient (Wildman–Crippen LogP) is 4.11. The van der Waals surface area contributed by atoms with Gasteiger partial charge in [0.25, 0.3) is 0 Å². The van der Waals surface area contributed by atoms with Gasteiger partial charge >= 0.3 is 5.97 Å². The topological polar surface area (TPSA) is 86.7 Å². The van der Waals surface area contributed by atoms with E-state index in [4.69, 9.17) is 18.9 Å². The Morgan fingerprint density at radius 1 is 1.09 bits per heavy atom. The number of allylic oxidation sites excluding steroid dienone is 1. The van der Waals surface area contributed by atoms with Crippen molar-refractivity contribution >= 4 is 28.8 Å². The minimum absolute atomic E-state index is 0.109. The predicted molar refractivity (Wildman–Crippen MR) is 129 cm³/mol. The van der Waals surface area contributed by atoms with Crippen LogP contribution in [0.15, 0.2) is 58.7 Å². The summed E-state index contributed by atoms with van der Waals surface area (Å²) in [7, 11) is 4.56. The molecule has 2 heterocycles. The van der Waals surface area contributed by atoms with Gasteiger partial charge < -0.3 is 18.9 Å². The Balaban J connectivity index is 1.80. The highest BCUT2D eigenvalue weighted by Gasteiger charge is 2.42. The number of thioether (sulfide) groups is 1. The number of amidine groups is 1. The number of esters is 1. The van der Waals surface area contributed by atoms with Gasteiger partial charge in [-0.05, 0) is 30.2 Å². The number of carbonyl (C=O) groups excluding carboxylic acids is 2. The Morgan fingerprint density at radius 3 is 2.38 bits per heavy atom. The number of hydrogen-bond donors (Lipinski definition) is 0. The summed E-state index contributed by atoms with van der Waals surface area (Å²) in [6.45, 7) is 1.87. The van der Waals surface area contributed by atoms with Crippen LogP contribution in [0.3, 0.4) is 0 Å². The van der Waals surface area contributed by atoms with Crippen LogP contribution in [0.1, 0.15) is 30.5 Å². The first-order valence-electron chi connectivity index (χ1n) is 10.7. The van der Waals surface area contributed by atoms with Crippen molar-refractivity contribution in [3.05, 3.63) is 64.9 Å². The zero-order valence-corrected chi connectivity index (χ0v) is 20.3. The lowest BCUT2D eigenvalue weighted by molar-refractivity contribution is -0.141. The van der Waals surface area contributed by atoms with E-state index in [-0.39, 0.29) is 12.5 Å². The van der Waals surface area contributed by atoms with Crippen LogP contribution in [-0.4, -0.2) is 49.0 Å². The van der Waals surface area contributed by atoms with E-state index < -0.39 is 12.0 Å². The van der Waals surface area contributed by atoms with Gasteiger partial charge in [-0.2, -0.15) is 0 Å². The highest BCUT2D eigenvalue weighted by Crippen LogP contribution is 2.46. The van der Waals surface area contributed by atoms with Gasteiger partial charge in [0.05, 0.1) is 38.6 Å². The Morgan fingerprint density at radius 2 is 1.76 bits per heavy atom. The Labute approximate surface area is 202 Å². The van der Waals surface area contributed by atoms with Gasteiger partial charge in [0.15, 0.2) is 16.7 Å². The van der Waals surface area contributed by atoms with Crippen molar-refractivity contribution in [3.63, 3.8) is 0 Å². The molecule has 1 fully saturated rings. The van der Waals surface area contributed by atoms with Crippen molar-refractivity contribution < 1.29 is 28.5 Å². The number of methoxy groups -OCH3 is 3. The number of benzene rings is 2. The molecule has 178 valence electrons. The van der Waals surface area contributed by atoms with Crippen molar-refractivity contribution in [2.45, 2.75) is 26.0 Å². The van der Waals surface area contributed by atoms with Crippen molar-refractivity contribution in [3.8, 4) is 17.2 Å². The van der Waals surface area contributed by atoms with Crippen LogP contribution in [0.4, 0.5) is 0 Å². The summed E-state index contributed by atoms with van der Waals surface area (Å²) in [6, 6.07) is 12.2. The van der Waals surface area contributed by atoms with E-state index in [0.717, 1.165) is 5.56 Å². The lowest BCUT2D eigenvalue weighted by atomic mass is 9.93. The maximum absolute atomic E-state index is 13.4. The van der Waals surface area contributed by atoms with Crippen molar-refractivity contribution in [2.24, 2.45) is 4.99 Å². The summed E-state index contributed by atoms with van der Waals surface area (Å²) >= 11 is 1.49. The standard InChI is InChI=1S/C25H26N2O6S/c1-15-21(24(29)33-14-16-8-6-5-7-9-16)22(27-20(28)10-11-34-25(27)26-15)17-12-18(30-2)23(32-4)19(13-17)31-3/h5-9,12-13,22H,10-11,14H2,1-4H3. The summed E-state index contributed by atoms with van der Waals surface area (Å²) in [5.74, 6) is 1.26. The molecule has 34 heavy (non-hydrogen) atoms. The molecular weight excluding hydrogens is 456 g/mol. The molecule has 2 aromatic rings. The van der Waals surface area contributed by atoms with Crippen molar-refractivity contribution in [1.82, 2.24) is 4.90 Å². The summed E-state index contributed by atoms with van der Waals surface area (Å²) < 4.78 is 22.2. The van der Waals surface area contributed by atoms with E-state index in [1.165, 1.54) is 33.1 Å². The molecule has 0 N–H and O–H groups in total. The van der Waals surface area contributed by atoms with E-state index in [0.29, 0.717) is 51.4 Å². The van der Waals surface area contributed by atoms with Gasteiger partial charge in [0, 0.05) is 12.2 Å². The van der Waals surface area contributed by atoms with Crippen LogP contribution in [-0.2, 0) is 20.9 Å². The molecule has 0 spiro atoms. The fourth-order valence-corrected chi connectivity index (χ4v) is 5.04. The van der Waals surface area contributed by atoms with E-state index in [2.05, 4.69) is 4.99 Å². The average Bonchev–Trinajstić information content (AvgIpc) is 2.86. The van der Waals surface area contributed by atoms with Crippen LogP contribution in [0, 0.1) is 0 Å². The quantitative estimate of drug-likeness (QED) is 0.549. The number of ether oxygens (including phenoxy) is 4. The number of nitrogens with zero attached hydrogens (tertiary/aromatic N) is 2. The van der Waals surface area contributed by atoms with E-state index >= 15 is 0 Å². The van der Waals surface area contributed by atoms with Crippen molar-refractivity contribution in [2.75, 3.05) is 27.1 Å². The van der Waals surface area contributed by atoms with Crippen LogP contribution in [0.2, 0.25) is 0 Å². The molecule has 0 saturated carbocycles. The first kappa shape index (κ1) is 23.7. The third-order valence-corrected chi connectivity index (χ3v) is 6.60. The minimum atomic E-state index is -0.746. The second-order valence-corrected chi connectivity index (χ2v) is 8.74. The smallest absolute Gasteiger partial charge is 0.338 e. The second kappa shape index (κ2) is 10.2. The lowest BCUT2D eigenvalue weighted by Gasteiger charge is -2.39. The Hall–Kier alpha value is -3.46. The number of rotatable bonds is 7. The molecule has 1 amide bonds. The molecule has 2 aromatic carbocycles. The van der Waals surface area contributed by atoms with Gasteiger partial charge in [-0.25, -0.2) is 9.79 Å². The molecule has 2 aliphatic heterocycles. The van der Waals surface area contributed by atoms with Crippen LogP contribution >= 0.6 is 11.8 Å². The molecule has 0 aromatic heterocycles. The van der Waals surface area contributed by atoms with Gasteiger partial charge in [-0.1, -0.05) is 42.1 Å². The maximum Gasteiger partial charge on any atom is 0.338 e. The Kier molecular flexibility index (Phi) is 7.12. The average molecular weight is 483 g/mol. The van der Waals surface area contributed by atoms with E-state index in [1.54, 1.807) is 24.0 Å². The third kappa shape index (κ3) is 4.48. The molecule has 0 aliphatic carbocycles. The maximum atomic E-state index is 13.4. The molecule has 9 heteroatoms. The zero-order valence-electron chi connectivity index (χ0n) is 19.5. The minimum Gasteiger partial charge on any atom is -0.493 e. The van der Waals surface area contributed by atoms with Crippen LogP contribution < -0.4 is 14.2 Å². The monoisotopic (exact) mass is 482 g/mol. The molecule has 8 nitrogen and oxygen atoms in total. The van der Waals surface area contributed by atoms with Crippen LogP contribution in [0.25, 0.3) is 0 Å². The summed E-state index contributed by atoms with van der Waals surface area (Å²) in [5.41, 5.74) is 2.29. The molecule has 4 rings (SSSR count). The molecular formula is C25H26N2O6S.